The highest BCUT2D eigenvalue weighted by Crippen LogP contribution is 2.28. The topological polar surface area (TPSA) is 47.1 Å². The minimum atomic E-state index is -0.476. The Morgan fingerprint density at radius 2 is 2.05 bits per heavy atom. The van der Waals surface area contributed by atoms with Gasteiger partial charge in [0, 0.05) is 19.2 Å². The Balaban J connectivity index is 2.44. The van der Waals surface area contributed by atoms with Crippen LogP contribution in [0.1, 0.15) is 13.8 Å². The molecule has 0 unspecified atom stereocenters. The van der Waals surface area contributed by atoms with Crippen LogP contribution in [-0.4, -0.2) is 35.1 Å². The maximum absolute atomic E-state index is 13.5. The molecule has 0 bridgehead atoms. The van der Waals surface area contributed by atoms with Gasteiger partial charge < -0.3 is 15.2 Å². The van der Waals surface area contributed by atoms with E-state index in [4.69, 9.17) is 17.3 Å². The van der Waals surface area contributed by atoms with E-state index in [-0.39, 0.29) is 10.4 Å². The summed E-state index contributed by atoms with van der Waals surface area (Å²) in [6.45, 7) is 5.91. The molecule has 0 spiro atoms. The molecule has 110 valence electrons. The van der Waals surface area contributed by atoms with E-state index in [9.17, 15) is 4.39 Å². The van der Waals surface area contributed by atoms with Crippen molar-refractivity contribution in [3.8, 4) is 0 Å². The smallest absolute Gasteiger partial charge is 0.201 e. The number of fused-ring (bicyclic) bond motifs is 1. The van der Waals surface area contributed by atoms with Gasteiger partial charge in [-0.1, -0.05) is 25.4 Å². The number of rotatable bonds is 4. The number of halogens is 2. The number of hydrogen-bond donors (Lipinski definition) is 1. The predicted molar refractivity (Wildman–Crippen MR) is 81.4 cm³/mol. The van der Waals surface area contributed by atoms with Crippen molar-refractivity contribution in [2.45, 2.75) is 20.4 Å². The first-order valence-corrected chi connectivity index (χ1v) is 6.83. The number of aromatic nitrogens is 2. The fourth-order valence-electron chi connectivity index (χ4n) is 2.64. The molecule has 2 N–H and O–H groups in total. The molecule has 0 aliphatic rings. The monoisotopic (exact) mass is 298 g/mol. The molecule has 1 heterocycles. The van der Waals surface area contributed by atoms with Gasteiger partial charge in [-0.05, 0) is 25.6 Å². The van der Waals surface area contributed by atoms with Gasteiger partial charge in [0.15, 0.2) is 0 Å². The van der Waals surface area contributed by atoms with Crippen LogP contribution in [0.15, 0.2) is 12.1 Å². The zero-order chi connectivity index (χ0) is 15.1. The van der Waals surface area contributed by atoms with Crippen LogP contribution in [0.4, 0.5) is 10.3 Å². The summed E-state index contributed by atoms with van der Waals surface area (Å²) in [4.78, 5) is 6.33. The molecule has 0 aliphatic carbocycles. The Labute approximate surface area is 123 Å². The van der Waals surface area contributed by atoms with Crippen molar-refractivity contribution < 1.29 is 4.39 Å². The van der Waals surface area contributed by atoms with Gasteiger partial charge in [0.2, 0.25) is 5.95 Å². The van der Waals surface area contributed by atoms with Crippen LogP contribution >= 0.6 is 11.6 Å². The quantitative estimate of drug-likeness (QED) is 0.944. The maximum atomic E-state index is 13.5. The van der Waals surface area contributed by atoms with Crippen LogP contribution in [0.3, 0.4) is 0 Å². The molecule has 0 amide bonds. The van der Waals surface area contributed by atoms with Gasteiger partial charge in [0.1, 0.15) is 5.82 Å². The number of nitrogens with two attached hydrogens (primary N) is 1. The summed E-state index contributed by atoms with van der Waals surface area (Å²) in [7, 11) is 4.06. The van der Waals surface area contributed by atoms with Gasteiger partial charge in [0.25, 0.3) is 0 Å². The van der Waals surface area contributed by atoms with Crippen LogP contribution in [0.5, 0.6) is 0 Å². The SMILES string of the molecule is CN(C)CC(C)(C)Cn1c(N)nc2cc(F)c(Cl)cc21. The van der Waals surface area contributed by atoms with Gasteiger partial charge in [-0.3, -0.25) is 0 Å². The molecule has 0 saturated carbocycles. The van der Waals surface area contributed by atoms with Crippen LogP contribution < -0.4 is 5.73 Å². The zero-order valence-corrected chi connectivity index (χ0v) is 13.0. The molecule has 2 rings (SSSR count). The normalized spacial score (nSPS) is 12.6. The lowest BCUT2D eigenvalue weighted by atomic mass is 9.93. The van der Waals surface area contributed by atoms with Gasteiger partial charge in [0.05, 0.1) is 16.1 Å². The third kappa shape index (κ3) is 3.04. The van der Waals surface area contributed by atoms with E-state index in [0.29, 0.717) is 18.0 Å². The lowest BCUT2D eigenvalue weighted by Gasteiger charge is -2.29. The van der Waals surface area contributed by atoms with Crippen molar-refractivity contribution in [1.29, 1.82) is 0 Å². The van der Waals surface area contributed by atoms with Crippen LogP contribution in [0.25, 0.3) is 11.0 Å². The lowest BCUT2D eigenvalue weighted by Crippen LogP contribution is -2.32. The Morgan fingerprint density at radius 1 is 1.40 bits per heavy atom. The van der Waals surface area contributed by atoms with Crippen molar-refractivity contribution in [3.05, 3.63) is 23.0 Å². The van der Waals surface area contributed by atoms with E-state index < -0.39 is 5.82 Å². The number of nitrogens with zero attached hydrogens (tertiary/aromatic N) is 3. The molecule has 0 atom stereocenters. The van der Waals surface area contributed by atoms with E-state index in [1.807, 2.05) is 18.7 Å². The molecule has 0 aliphatic heterocycles. The first-order chi connectivity index (χ1) is 9.19. The Hall–Kier alpha value is -1.33. The molecule has 6 heteroatoms. The summed E-state index contributed by atoms with van der Waals surface area (Å²) in [6, 6.07) is 2.91. The van der Waals surface area contributed by atoms with Gasteiger partial charge in [-0.2, -0.15) is 0 Å². The van der Waals surface area contributed by atoms with E-state index in [1.165, 1.54) is 6.07 Å². The fraction of sp³-hybridized carbons (Fsp3) is 0.500. The van der Waals surface area contributed by atoms with E-state index >= 15 is 0 Å². The minimum absolute atomic E-state index is 0.00606. The number of nitrogen functional groups attached to an aromatic ring is 1. The Morgan fingerprint density at radius 3 is 2.65 bits per heavy atom. The number of imidazole rings is 1. The molecule has 0 saturated heterocycles. The third-order valence-corrected chi connectivity index (χ3v) is 3.44. The Bertz CT molecular complexity index is 634. The minimum Gasteiger partial charge on any atom is -0.369 e. The number of anilines is 1. The van der Waals surface area contributed by atoms with Crippen LogP contribution in [0.2, 0.25) is 5.02 Å². The zero-order valence-electron chi connectivity index (χ0n) is 12.2. The molecule has 2 aromatic rings. The summed E-state index contributed by atoms with van der Waals surface area (Å²) in [5.74, 6) is -0.0927. The molecule has 0 fully saturated rings. The summed E-state index contributed by atoms with van der Waals surface area (Å²) in [6.07, 6.45) is 0. The predicted octanol–water partition coefficient (Wildman–Crippen LogP) is 3.00. The molecule has 20 heavy (non-hydrogen) atoms. The van der Waals surface area contributed by atoms with Crippen molar-refractivity contribution in [3.63, 3.8) is 0 Å². The van der Waals surface area contributed by atoms with Gasteiger partial charge >= 0.3 is 0 Å². The van der Waals surface area contributed by atoms with E-state index in [2.05, 4.69) is 23.7 Å². The highest BCUT2D eigenvalue weighted by atomic mass is 35.5. The van der Waals surface area contributed by atoms with Crippen molar-refractivity contribution in [2.24, 2.45) is 5.41 Å². The summed E-state index contributed by atoms with van der Waals surface area (Å²) in [5.41, 5.74) is 7.27. The molecular weight excluding hydrogens is 279 g/mol. The standard InChI is InChI=1S/C14H20ClFN4/c1-14(2,7-19(3)4)8-20-12-5-9(15)10(16)6-11(12)18-13(20)17/h5-6H,7-8H2,1-4H3,(H2,17,18). The summed E-state index contributed by atoms with van der Waals surface area (Å²) in [5, 5.41) is 0.0871. The largest absolute Gasteiger partial charge is 0.369 e. The highest BCUT2D eigenvalue weighted by Gasteiger charge is 2.22. The Kier molecular flexibility index (Phi) is 3.93. The summed E-state index contributed by atoms with van der Waals surface area (Å²) >= 11 is 5.86. The van der Waals surface area contributed by atoms with Crippen molar-refractivity contribution in [1.82, 2.24) is 14.5 Å². The molecule has 1 aromatic carbocycles. The maximum Gasteiger partial charge on any atom is 0.201 e. The molecule has 4 nitrogen and oxygen atoms in total. The van der Waals surface area contributed by atoms with E-state index in [1.54, 1.807) is 6.07 Å². The third-order valence-electron chi connectivity index (χ3n) is 3.15. The lowest BCUT2D eigenvalue weighted by molar-refractivity contribution is 0.214. The van der Waals surface area contributed by atoms with E-state index in [0.717, 1.165) is 12.1 Å². The van der Waals surface area contributed by atoms with Gasteiger partial charge in [-0.15, -0.1) is 0 Å². The summed E-state index contributed by atoms with van der Waals surface area (Å²) < 4.78 is 15.4. The number of benzene rings is 1. The van der Waals surface area contributed by atoms with Gasteiger partial charge in [-0.25, -0.2) is 9.37 Å². The average molecular weight is 299 g/mol. The highest BCUT2D eigenvalue weighted by molar-refractivity contribution is 6.31. The first kappa shape index (κ1) is 15.1. The average Bonchev–Trinajstić information content (AvgIpc) is 2.54. The molecule has 1 aromatic heterocycles. The molecule has 0 radical (unpaired) electrons. The molecular formula is C14H20ClFN4. The van der Waals surface area contributed by atoms with Crippen LogP contribution in [0, 0.1) is 11.2 Å². The number of hydrogen-bond acceptors (Lipinski definition) is 3. The van der Waals surface area contributed by atoms with Crippen molar-refractivity contribution in [2.75, 3.05) is 26.4 Å². The van der Waals surface area contributed by atoms with Crippen molar-refractivity contribution >= 4 is 28.6 Å². The van der Waals surface area contributed by atoms with Crippen LogP contribution in [-0.2, 0) is 6.54 Å². The second-order valence-electron chi connectivity index (χ2n) is 6.21. The second-order valence-corrected chi connectivity index (χ2v) is 6.62. The first-order valence-electron chi connectivity index (χ1n) is 6.45. The second kappa shape index (κ2) is 5.22. The fourth-order valence-corrected chi connectivity index (χ4v) is 2.80.